The van der Waals surface area contributed by atoms with E-state index in [0.717, 1.165) is 44.3 Å². The Bertz CT molecular complexity index is 1490. The van der Waals surface area contributed by atoms with Crippen LogP contribution in [0.2, 0.25) is 0 Å². The van der Waals surface area contributed by atoms with E-state index in [9.17, 15) is 14.0 Å². The molecule has 0 fully saturated rings. The van der Waals surface area contributed by atoms with Crippen LogP contribution in [0.25, 0.3) is 11.5 Å². The number of nitrogens with zero attached hydrogens (tertiary/aromatic N) is 1. The van der Waals surface area contributed by atoms with Gasteiger partial charge >= 0.3 is 0 Å². The second kappa shape index (κ2) is 16.2. The molecular weight excluding hydrogens is 547 g/mol. The average molecular weight is 587 g/mol. The van der Waals surface area contributed by atoms with E-state index in [-0.39, 0.29) is 28.7 Å². The molecule has 0 unspecified atom stereocenters. The lowest BCUT2D eigenvalue weighted by Crippen LogP contribution is -2.25. The van der Waals surface area contributed by atoms with Crippen molar-refractivity contribution in [2.75, 3.05) is 19.7 Å². The van der Waals surface area contributed by atoms with Gasteiger partial charge in [0.15, 0.2) is 0 Å². The Hall–Kier alpha value is -4.50. The quantitative estimate of drug-likeness (QED) is 0.134. The SMILES string of the molecule is CCc1cccc(CNCCCCc2cc(F)cc(OCCCCNC(=O)c3cc(C(N)=O)cc(-c4ncco4)c3)c2)c1. The number of aromatic nitrogens is 1. The van der Waals surface area contributed by atoms with Crippen molar-refractivity contribution in [3.8, 4) is 17.2 Å². The molecule has 3 aromatic carbocycles. The summed E-state index contributed by atoms with van der Waals surface area (Å²) in [4.78, 5) is 28.5. The van der Waals surface area contributed by atoms with E-state index in [4.69, 9.17) is 14.9 Å². The Kier molecular flexibility index (Phi) is 11.9. The largest absolute Gasteiger partial charge is 0.493 e. The summed E-state index contributed by atoms with van der Waals surface area (Å²) < 4.78 is 25.3. The zero-order valence-electron chi connectivity index (χ0n) is 24.5. The Balaban J connectivity index is 1.14. The maximum atomic E-state index is 14.2. The molecule has 1 heterocycles. The number of amides is 2. The van der Waals surface area contributed by atoms with Crippen LogP contribution in [0.4, 0.5) is 4.39 Å². The second-order valence-electron chi connectivity index (χ2n) is 10.4. The van der Waals surface area contributed by atoms with Crippen molar-refractivity contribution in [1.29, 1.82) is 0 Å². The molecule has 0 saturated carbocycles. The number of ether oxygens (including phenoxy) is 1. The highest BCUT2D eigenvalue weighted by Gasteiger charge is 2.14. The molecule has 43 heavy (non-hydrogen) atoms. The minimum absolute atomic E-state index is 0.189. The molecule has 0 aliphatic rings. The highest BCUT2D eigenvalue weighted by atomic mass is 19.1. The summed E-state index contributed by atoms with van der Waals surface area (Å²) in [5.41, 5.74) is 9.94. The van der Waals surface area contributed by atoms with Gasteiger partial charge in [0, 0.05) is 35.8 Å². The number of nitrogens with two attached hydrogens (primary N) is 1. The third kappa shape index (κ3) is 10.1. The first-order valence-corrected chi connectivity index (χ1v) is 14.7. The van der Waals surface area contributed by atoms with Gasteiger partial charge in [0.2, 0.25) is 11.8 Å². The summed E-state index contributed by atoms with van der Waals surface area (Å²) in [6.45, 7) is 4.72. The molecule has 2 amide bonds. The predicted octanol–water partition coefficient (Wildman–Crippen LogP) is 5.84. The Labute approximate surface area is 251 Å². The number of hydrogen-bond donors (Lipinski definition) is 3. The standard InChI is InChI=1S/C34H39FN4O4/c1-2-24-9-7-10-26(16-24)23-37-11-4-3-8-25-17-30(35)22-31(18-25)42-14-6-5-12-38-33(41)28-19-27(32(36)40)20-29(21-28)34-39-13-15-43-34/h7,9-10,13,15-22,37H,2-6,8,11-12,14,23H2,1H3,(H2,36,40)(H,38,41). The van der Waals surface area contributed by atoms with Crippen molar-refractivity contribution in [1.82, 2.24) is 15.6 Å². The van der Waals surface area contributed by atoms with Gasteiger partial charge in [0.1, 0.15) is 17.8 Å². The van der Waals surface area contributed by atoms with Gasteiger partial charge in [-0.2, -0.15) is 0 Å². The van der Waals surface area contributed by atoms with Crippen LogP contribution in [0.15, 0.2) is 77.5 Å². The number of benzene rings is 3. The van der Waals surface area contributed by atoms with E-state index in [1.165, 1.54) is 41.8 Å². The number of carbonyl (C=O) groups is 2. The number of primary amides is 1. The molecule has 0 bridgehead atoms. The van der Waals surface area contributed by atoms with E-state index in [1.54, 1.807) is 12.1 Å². The fourth-order valence-electron chi connectivity index (χ4n) is 4.73. The summed E-state index contributed by atoms with van der Waals surface area (Å²) in [6.07, 6.45) is 7.98. The van der Waals surface area contributed by atoms with Crippen LogP contribution in [0.5, 0.6) is 5.75 Å². The minimum atomic E-state index is -0.652. The number of oxazole rings is 1. The lowest BCUT2D eigenvalue weighted by molar-refractivity contribution is 0.0952. The first-order valence-electron chi connectivity index (χ1n) is 14.7. The summed E-state index contributed by atoms with van der Waals surface area (Å²) in [7, 11) is 0. The van der Waals surface area contributed by atoms with Crippen LogP contribution in [0.3, 0.4) is 0 Å². The molecule has 226 valence electrons. The highest BCUT2D eigenvalue weighted by Crippen LogP contribution is 2.21. The molecule has 0 spiro atoms. The number of carbonyl (C=O) groups excluding carboxylic acids is 2. The lowest BCUT2D eigenvalue weighted by atomic mass is 10.0. The van der Waals surface area contributed by atoms with E-state index in [1.807, 2.05) is 6.07 Å². The summed E-state index contributed by atoms with van der Waals surface area (Å²) in [6, 6.07) is 18.1. The Morgan fingerprint density at radius 2 is 1.74 bits per heavy atom. The van der Waals surface area contributed by atoms with E-state index in [2.05, 4.69) is 46.8 Å². The first-order chi connectivity index (χ1) is 20.9. The topological polar surface area (TPSA) is 119 Å². The van der Waals surface area contributed by atoms with Crippen molar-refractivity contribution in [3.63, 3.8) is 0 Å². The monoisotopic (exact) mass is 586 g/mol. The van der Waals surface area contributed by atoms with E-state index in [0.29, 0.717) is 37.3 Å². The Morgan fingerprint density at radius 1 is 0.930 bits per heavy atom. The van der Waals surface area contributed by atoms with Gasteiger partial charge in [0.25, 0.3) is 5.91 Å². The molecule has 8 nitrogen and oxygen atoms in total. The number of aryl methyl sites for hydroxylation is 2. The van der Waals surface area contributed by atoms with Gasteiger partial charge in [-0.1, -0.05) is 31.2 Å². The number of hydrogen-bond acceptors (Lipinski definition) is 6. The second-order valence-corrected chi connectivity index (χ2v) is 10.4. The average Bonchev–Trinajstić information content (AvgIpc) is 3.55. The molecule has 0 aliphatic heterocycles. The van der Waals surface area contributed by atoms with Gasteiger partial charge in [-0.25, -0.2) is 9.37 Å². The van der Waals surface area contributed by atoms with Crippen molar-refractivity contribution < 1.29 is 23.1 Å². The van der Waals surface area contributed by atoms with Crippen LogP contribution in [-0.2, 0) is 19.4 Å². The third-order valence-corrected chi connectivity index (χ3v) is 7.01. The zero-order valence-corrected chi connectivity index (χ0v) is 24.5. The molecule has 4 aromatic rings. The summed E-state index contributed by atoms with van der Waals surface area (Å²) in [5, 5.41) is 6.33. The maximum Gasteiger partial charge on any atom is 0.251 e. The predicted molar refractivity (Wildman–Crippen MR) is 164 cm³/mol. The third-order valence-electron chi connectivity index (χ3n) is 7.01. The van der Waals surface area contributed by atoms with Crippen LogP contribution in [0, 0.1) is 5.82 Å². The molecule has 0 saturated heterocycles. The van der Waals surface area contributed by atoms with Crippen molar-refractivity contribution >= 4 is 11.8 Å². The Morgan fingerprint density at radius 3 is 2.53 bits per heavy atom. The fourth-order valence-corrected chi connectivity index (χ4v) is 4.73. The number of halogens is 1. The van der Waals surface area contributed by atoms with Gasteiger partial charge in [-0.05, 0) is 92.1 Å². The lowest BCUT2D eigenvalue weighted by Gasteiger charge is -2.10. The molecule has 9 heteroatoms. The van der Waals surface area contributed by atoms with E-state index < -0.39 is 5.91 Å². The molecule has 0 radical (unpaired) electrons. The van der Waals surface area contributed by atoms with Crippen molar-refractivity contribution in [2.24, 2.45) is 5.73 Å². The molecule has 0 aliphatic carbocycles. The van der Waals surface area contributed by atoms with Gasteiger partial charge < -0.3 is 25.5 Å². The van der Waals surface area contributed by atoms with Crippen molar-refractivity contribution in [3.05, 3.63) is 107 Å². The fraction of sp³-hybridized carbons (Fsp3) is 0.324. The maximum absolute atomic E-state index is 14.2. The summed E-state index contributed by atoms with van der Waals surface area (Å²) in [5.74, 6) is -0.503. The molecule has 4 N–H and O–H groups in total. The van der Waals surface area contributed by atoms with Gasteiger partial charge in [-0.3, -0.25) is 9.59 Å². The van der Waals surface area contributed by atoms with Crippen LogP contribution < -0.4 is 21.1 Å². The molecule has 4 rings (SSSR count). The van der Waals surface area contributed by atoms with Gasteiger partial charge in [0.05, 0.1) is 12.8 Å². The van der Waals surface area contributed by atoms with Crippen LogP contribution >= 0.6 is 0 Å². The van der Waals surface area contributed by atoms with Crippen LogP contribution in [-0.4, -0.2) is 36.5 Å². The molecule has 1 aromatic heterocycles. The van der Waals surface area contributed by atoms with Crippen LogP contribution in [0.1, 0.15) is 70.0 Å². The molecular formula is C34H39FN4O4. The number of nitrogens with one attached hydrogen (secondary N) is 2. The number of unbranched alkanes of at least 4 members (excludes halogenated alkanes) is 2. The minimum Gasteiger partial charge on any atom is -0.493 e. The summed E-state index contributed by atoms with van der Waals surface area (Å²) >= 11 is 0. The first kappa shape index (κ1) is 31.4. The smallest absolute Gasteiger partial charge is 0.251 e. The van der Waals surface area contributed by atoms with Gasteiger partial charge in [-0.15, -0.1) is 0 Å². The highest BCUT2D eigenvalue weighted by molar-refractivity contribution is 6.00. The molecule has 0 atom stereocenters. The number of rotatable bonds is 17. The normalized spacial score (nSPS) is 10.9. The van der Waals surface area contributed by atoms with Crippen molar-refractivity contribution in [2.45, 2.75) is 52.0 Å². The van der Waals surface area contributed by atoms with E-state index >= 15 is 0 Å². The zero-order chi connectivity index (χ0) is 30.4.